The first-order valence-corrected chi connectivity index (χ1v) is 11.2. The Morgan fingerprint density at radius 1 is 1.18 bits per heavy atom. The van der Waals surface area contributed by atoms with Gasteiger partial charge < -0.3 is 10.8 Å². The van der Waals surface area contributed by atoms with Gasteiger partial charge in [0.1, 0.15) is 5.54 Å². The molecule has 6 nitrogen and oxygen atoms in total. The van der Waals surface area contributed by atoms with Gasteiger partial charge in [-0.25, -0.2) is 0 Å². The summed E-state index contributed by atoms with van der Waals surface area (Å²) in [5, 5.41) is 19.4. The molecule has 1 amide bonds. The zero-order valence-corrected chi connectivity index (χ0v) is 19.4. The zero-order valence-electron chi connectivity index (χ0n) is 19.4. The molecule has 9 heteroatoms. The van der Waals surface area contributed by atoms with E-state index in [0.717, 1.165) is 16.0 Å². The van der Waals surface area contributed by atoms with E-state index >= 15 is 0 Å². The number of hydrogen-bond acceptors (Lipinski definition) is 5. The molecule has 3 N–H and O–H groups in total. The van der Waals surface area contributed by atoms with Crippen molar-refractivity contribution >= 4 is 5.91 Å². The topological polar surface area (TPSA) is 103 Å². The van der Waals surface area contributed by atoms with Gasteiger partial charge in [-0.2, -0.15) is 18.4 Å². The molecule has 0 radical (unpaired) electrons. The van der Waals surface area contributed by atoms with E-state index in [1.165, 1.54) is 18.3 Å². The van der Waals surface area contributed by atoms with Crippen LogP contribution in [0.2, 0.25) is 0 Å². The van der Waals surface area contributed by atoms with E-state index in [1.54, 1.807) is 45.0 Å². The van der Waals surface area contributed by atoms with Crippen LogP contribution in [-0.2, 0) is 4.79 Å². The molecule has 1 fully saturated rings. The van der Waals surface area contributed by atoms with Crippen molar-refractivity contribution in [3.05, 3.63) is 53.9 Å². The van der Waals surface area contributed by atoms with Gasteiger partial charge >= 0.3 is 6.18 Å². The zero-order chi connectivity index (χ0) is 25.3. The van der Waals surface area contributed by atoms with Gasteiger partial charge in [-0.15, -0.1) is 0 Å². The number of halogens is 3. The standard InChI is InChI=1S/C25H29F3N4O2/c1-15(2)12-21(23(30)34)32(24(14-29)10-11-24)22(25(26,27)28)20-9-8-19(13-31-20)18-6-4-17(5-7-18)16(3)33/h4-9,13,15-16,21-22,33H,10-12H2,1-3H3,(H2,30,34)/t16?,21-,22-/m0/s1. The average Bonchev–Trinajstić information content (AvgIpc) is 3.56. The fourth-order valence-electron chi connectivity index (χ4n) is 4.24. The van der Waals surface area contributed by atoms with Gasteiger partial charge in [0.25, 0.3) is 0 Å². The molecule has 34 heavy (non-hydrogen) atoms. The van der Waals surface area contributed by atoms with E-state index in [9.17, 15) is 28.3 Å². The normalized spacial score (nSPS) is 17.8. The molecule has 0 spiro atoms. The Morgan fingerprint density at radius 3 is 2.15 bits per heavy atom. The van der Waals surface area contributed by atoms with Gasteiger partial charge in [-0.05, 0) is 49.3 Å². The number of rotatable bonds is 9. The predicted molar refractivity (Wildman–Crippen MR) is 121 cm³/mol. The van der Waals surface area contributed by atoms with Gasteiger partial charge in [0.05, 0.1) is 23.9 Å². The second-order valence-corrected chi connectivity index (χ2v) is 9.31. The van der Waals surface area contributed by atoms with E-state index in [4.69, 9.17) is 5.73 Å². The SMILES string of the molecule is CC(C)C[C@@H](C(N)=O)N([C@@H](c1ccc(-c2ccc(C(C)O)cc2)cn1)C(F)(F)F)C1(C#N)CC1. The van der Waals surface area contributed by atoms with Crippen LogP contribution >= 0.6 is 0 Å². The smallest absolute Gasteiger partial charge is 0.389 e. The number of nitriles is 1. The van der Waals surface area contributed by atoms with Crippen LogP contribution in [0.4, 0.5) is 13.2 Å². The molecule has 0 bridgehead atoms. The molecule has 1 unspecified atom stereocenters. The van der Waals surface area contributed by atoms with Crippen LogP contribution in [-0.4, -0.2) is 38.7 Å². The van der Waals surface area contributed by atoms with Crippen LogP contribution in [0, 0.1) is 17.2 Å². The van der Waals surface area contributed by atoms with Gasteiger partial charge in [0.15, 0.2) is 6.04 Å². The predicted octanol–water partition coefficient (Wildman–Crippen LogP) is 4.66. The van der Waals surface area contributed by atoms with Crippen molar-refractivity contribution in [2.24, 2.45) is 11.7 Å². The Kier molecular flexibility index (Phi) is 7.34. The summed E-state index contributed by atoms with van der Waals surface area (Å²) < 4.78 is 43.5. The van der Waals surface area contributed by atoms with E-state index in [1.807, 2.05) is 6.07 Å². The summed E-state index contributed by atoms with van der Waals surface area (Å²) in [7, 11) is 0. The van der Waals surface area contributed by atoms with Crippen molar-refractivity contribution in [1.29, 1.82) is 5.26 Å². The third-order valence-electron chi connectivity index (χ3n) is 6.17. The Balaban J connectivity index is 2.04. The highest BCUT2D eigenvalue weighted by Gasteiger charge is 2.61. The third kappa shape index (κ3) is 5.40. The maximum absolute atomic E-state index is 14.5. The number of aliphatic hydroxyl groups is 1. The lowest BCUT2D eigenvalue weighted by atomic mass is 9.95. The molecule has 1 aliphatic carbocycles. The number of amides is 1. The number of benzene rings is 1. The van der Waals surface area contributed by atoms with E-state index in [0.29, 0.717) is 5.56 Å². The molecule has 1 aliphatic rings. The van der Waals surface area contributed by atoms with Crippen molar-refractivity contribution in [1.82, 2.24) is 9.88 Å². The number of carbonyl (C=O) groups is 1. The maximum atomic E-state index is 14.5. The Labute approximate surface area is 197 Å². The van der Waals surface area contributed by atoms with Gasteiger partial charge in [0, 0.05) is 11.8 Å². The molecule has 3 atom stereocenters. The Morgan fingerprint density at radius 2 is 1.76 bits per heavy atom. The molecular formula is C25H29F3N4O2. The molecule has 1 aromatic carbocycles. The molecular weight excluding hydrogens is 445 g/mol. The van der Waals surface area contributed by atoms with Crippen LogP contribution in [0.3, 0.4) is 0 Å². The van der Waals surface area contributed by atoms with Crippen LogP contribution in [0.15, 0.2) is 42.6 Å². The summed E-state index contributed by atoms with van der Waals surface area (Å²) in [5.74, 6) is -0.998. The minimum atomic E-state index is -4.79. The summed E-state index contributed by atoms with van der Waals surface area (Å²) in [4.78, 5) is 17.4. The highest BCUT2D eigenvalue weighted by molar-refractivity contribution is 5.80. The number of primary amides is 1. The maximum Gasteiger partial charge on any atom is 0.409 e. The van der Waals surface area contributed by atoms with Crippen LogP contribution in [0.5, 0.6) is 0 Å². The number of carbonyl (C=O) groups excluding carboxylic acids is 1. The van der Waals surface area contributed by atoms with Gasteiger partial charge in [-0.1, -0.05) is 44.2 Å². The van der Waals surface area contributed by atoms with Crippen molar-refractivity contribution in [2.75, 3.05) is 0 Å². The fourth-order valence-corrected chi connectivity index (χ4v) is 4.24. The first-order valence-electron chi connectivity index (χ1n) is 11.2. The lowest BCUT2D eigenvalue weighted by Gasteiger charge is -2.40. The molecule has 2 aromatic rings. The van der Waals surface area contributed by atoms with Crippen LogP contribution in [0.1, 0.15) is 63.4 Å². The lowest BCUT2D eigenvalue weighted by Crippen LogP contribution is -2.56. The number of nitrogens with two attached hydrogens (primary N) is 1. The van der Waals surface area contributed by atoms with Crippen LogP contribution in [0.25, 0.3) is 11.1 Å². The molecule has 0 aliphatic heterocycles. The number of alkyl halides is 3. The second-order valence-electron chi connectivity index (χ2n) is 9.31. The molecule has 182 valence electrons. The van der Waals surface area contributed by atoms with Gasteiger partial charge in [-0.3, -0.25) is 14.7 Å². The largest absolute Gasteiger partial charge is 0.409 e. The third-order valence-corrected chi connectivity index (χ3v) is 6.17. The number of aliphatic hydroxyl groups excluding tert-OH is 1. The quantitative estimate of drug-likeness (QED) is 0.550. The van der Waals surface area contributed by atoms with E-state index < -0.39 is 35.8 Å². The lowest BCUT2D eigenvalue weighted by molar-refractivity contribution is -0.201. The first kappa shape index (κ1) is 25.7. The molecule has 1 aromatic heterocycles. The minimum Gasteiger partial charge on any atom is -0.389 e. The van der Waals surface area contributed by atoms with E-state index in [-0.39, 0.29) is 30.9 Å². The van der Waals surface area contributed by atoms with Crippen LogP contribution < -0.4 is 5.73 Å². The fraction of sp³-hybridized carbons (Fsp3) is 0.480. The molecule has 1 heterocycles. The minimum absolute atomic E-state index is 0.0963. The number of aromatic nitrogens is 1. The van der Waals surface area contributed by atoms with Crippen molar-refractivity contribution < 1.29 is 23.1 Å². The van der Waals surface area contributed by atoms with Gasteiger partial charge in [0.2, 0.25) is 5.91 Å². The summed E-state index contributed by atoms with van der Waals surface area (Å²) in [5.41, 5.74) is 5.90. The number of nitrogens with zero attached hydrogens (tertiary/aromatic N) is 3. The molecule has 0 saturated heterocycles. The Bertz CT molecular complexity index is 1040. The monoisotopic (exact) mass is 474 g/mol. The number of hydrogen-bond donors (Lipinski definition) is 2. The van der Waals surface area contributed by atoms with Crippen molar-refractivity contribution in [3.63, 3.8) is 0 Å². The first-order chi connectivity index (χ1) is 15.9. The molecule has 1 saturated carbocycles. The van der Waals surface area contributed by atoms with Crippen molar-refractivity contribution in [2.45, 2.75) is 69.9 Å². The Hall–Kier alpha value is -2.96. The highest BCUT2D eigenvalue weighted by Crippen LogP contribution is 2.51. The summed E-state index contributed by atoms with van der Waals surface area (Å²) in [6.07, 6.45) is -3.52. The summed E-state index contributed by atoms with van der Waals surface area (Å²) in [6.45, 7) is 5.22. The second kappa shape index (κ2) is 9.72. The summed E-state index contributed by atoms with van der Waals surface area (Å²) >= 11 is 0. The number of pyridine rings is 1. The van der Waals surface area contributed by atoms with Crippen molar-refractivity contribution in [3.8, 4) is 17.2 Å². The summed E-state index contributed by atoms with van der Waals surface area (Å²) in [6, 6.07) is 8.29. The van der Waals surface area contributed by atoms with E-state index in [2.05, 4.69) is 4.98 Å². The molecule has 3 rings (SSSR count). The average molecular weight is 475 g/mol. The highest BCUT2D eigenvalue weighted by atomic mass is 19.4.